The van der Waals surface area contributed by atoms with E-state index in [1.807, 2.05) is 0 Å². The molecule has 0 aliphatic heterocycles. The zero-order chi connectivity index (χ0) is 17.4. The van der Waals surface area contributed by atoms with Crippen LogP contribution in [0.2, 0.25) is 21.1 Å². The van der Waals surface area contributed by atoms with Crippen LogP contribution in [0.15, 0.2) is 60.7 Å². The van der Waals surface area contributed by atoms with Crippen LogP contribution in [-0.4, -0.2) is 28.3 Å². The fourth-order valence-electron chi connectivity index (χ4n) is 3.85. The molecule has 0 aliphatic carbocycles. The lowest BCUT2D eigenvalue weighted by Crippen LogP contribution is -2.22. The first-order chi connectivity index (χ1) is 11.8. The van der Waals surface area contributed by atoms with Gasteiger partial charge in [-0.15, -0.1) is 8.87 Å². The van der Waals surface area contributed by atoms with E-state index in [4.69, 9.17) is 0 Å². The molecular formula is C22H30Al2. The quantitative estimate of drug-likeness (QED) is 0.366. The standard InChI is InChI=1S/C14H10.4C2H5.2Al/c1-3-7-13(8-4-1)11-12-14-9-5-2-6-10-14;4*1-2;;/h1-10H;4*1H2,2H3;;. The Balaban J connectivity index is 2.76. The van der Waals surface area contributed by atoms with Gasteiger partial charge in [-0.25, -0.2) is 0 Å². The highest BCUT2D eigenvalue weighted by atomic mass is 27.2. The molecule has 0 atom stereocenters. The van der Waals surface area contributed by atoms with E-state index in [0.29, 0.717) is 0 Å². The van der Waals surface area contributed by atoms with Crippen LogP contribution < -0.4 is 0 Å². The van der Waals surface area contributed by atoms with E-state index in [-0.39, 0.29) is 0 Å². The number of rotatable bonds is 8. The first-order valence-electron chi connectivity index (χ1n) is 9.61. The summed E-state index contributed by atoms with van der Waals surface area (Å²) in [7, 11) is 0. The molecule has 0 heterocycles. The van der Waals surface area contributed by atoms with Gasteiger partial charge in [0.1, 0.15) is 0 Å². The Bertz CT molecular complexity index is 566. The van der Waals surface area contributed by atoms with E-state index in [0.717, 1.165) is 0 Å². The Morgan fingerprint density at radius 3 is 1.08 bits per heavy atom. The van der Waals surface area contributed by atoms with E-state index in [1.54, 1.807) is 8.87 Å². The van der Waals surface area contributed by atoms with Crippen molar-refractivity contribution in [3.63, 3.8) is 0 Å². The van der Waals surface area contributed by atoms with Crippen LogP contribution in [0.25, 0.3) is 8.87 Å². The molecule has 0 radical (unpaired) electrons. The topological polar surface area (TPSA) is 0 Å². The van der Waals surface area contributed by atoms with Crippen LogP contribution in [0.1, 0.15) is 38.8 Å². The molecule has 2 aromatic rings. The van der Waals surface area contributed by atoms with Crippen molar-refractivity contribution in [3.8, 4) is 0 Å². The Morgan fingerprint density at radius 1 is 0.542 bits per heavy atom. The molecule has 0 spiro atoms. The largest absolute Gasteiger partial charge is 0.304 e. The van der Waals surface area contributed by atoms with E-state index < -0.39 is 28.3 Å². The van der Waals surface area contributed by atoms with Crippen LogP contribution >= 0.6 is 0 Å². The highest BCUT2D eigenvalue weighted by Crippen LogP contribution is 2.35. The second-order valence-corrected chi connectivity index (χ2v) is 13.8. The average Bonchev–Trinajstić information content (AvgIpc) is 2.66. The summed E-state index contributed by atoms with van der Waals surface area (Å²) in [6.45, 7) is 9.61. The minimum Gasteiger partial charge on any atom is -0.115 e. The van der Waals surface area contributed by atoms with Crippen molar-refractivity contribution in [2.45, 2.75) is 48.8 Å². The van der Waals surface area contributed by atoms with Crippen LogP contribution in [-0.2, 0) is 0 Å². The molecule has 2 rings (SSSR count). The third-order valence-electron chi connectivity index (χ3n) is 5.25. The second-order valence-electron chi connectivity index (χ2n) is 6.59. The summed E-state index contributed by atoms with van der Waals surface area (Å²) in [5, 5.41) is 5.41. The van der Waals surface area contributed by atoms with E-state index in [2.05, 4.69) is 88.4 Å². The summed E-state index contributed by atoms with van der Waals surface area (Å²) in [6.07, 6.45) is 0. The SMILES string of the molecule is C[CH2][Al]([CH2]C)/[C](=[C](/c1ccccc1)[Al]([CH2]C)[CH2]C)c1ccccc1. The van der Waals surface area contributed by atoms with Gasteiger partial charge in [-0.3, -0.25) is 0 Å². The minimum absolute atomic E-state index is 0.931. The van der Waals surface area contributed by atoms with E-state index >= 15 is 0 Å². The number of benzene rings is 2. The first-order valence-corrected chi connectivity index (χ1v) is 14.0. The zero-order valence-electron chi connectivity index (χ0n) is 15.8. The van der Waals surface area contributed by atoms with Crippen molar-refractivity contribution in [2.75, 3.05) is 0 Å². The zero-order valence-corrected chi connectivity index (χ0v) is 18.1. The second kappa shape index (κ2) is 10.3. The fraction of sp³-hybridized carbons (Fsp3) is 0.364. The smallest absolute Gasteiger partial charge is 0.115 e. The fourth-order valence-corrected chi connectivity index (χ4v) is 10.6. The van der Waals surface area contributed by atoms with Gasteiger partial charge >= 0.3 is 28.3 Å². The molecule has 0 saturated heterocycles. The van der Waals surface area contributed by atoms with Crippen molar-refractivity contribution >= 4 is 37.2 Å². The van der Waals surface area contributed by atoms with Crippen molar-refractivity contribution in [1.82, 2.24) is 0 Å². The molecule has 0 aliphatic rings. The first kappa shape index (κ1) is 19.6. The maximum Gasteiger partial charge on any atom is 0.304 e. The summed E-state index contributed by atoms with van der Waals surface area (Å²) >= 11 is -1.86. The monoisotopic (exact) mass is 348 g/mol. The van der Waals surface area contributed by atoms with Crippen molar-refractivity contribution < 1.29 is 0 Å². The molecule has 124 valence electrons. The van der Waals surface area contributed by atoms with Gasteiger partial charge < -0.3 is 0 Å². The van der Waals surface area contributed by atoms with Crippen LogP contribution in [0, 0.1) is 0 Å². The molecule has 24 heavy (non-hydrogen) atoms. The van der Waals surface area contributed by atoms with Crippen LogP contribution in [0.5, 0.6) is 0 Å². The van der Waals surface area contributed by atoms with Gasteiger partial charge in [0.05, 0.1) is 0 Å². The van der Waals surface area contributed by atoms with Crippen molar-refractivity contribution in [1.29, 1.82) is 0 Å². The molecule has 0 fully saturated rings. The van der Waals surface area contributed by atoms with E-state index in [9.17, 15) is 0 Å². The van der Waals surface area contributed by atoms with Gasteiger partial charge in [-0.2, -0.15) is 0 Å². The molecule has 2 heteroatoms. The molecule has 2 aromatic carbocycles. The maximum atomic E-state index is 2.40. The molecule has 0 unspecified atom stereocenters. The molecular weight excluding hydrogens is 318 g/mol. The van der Waals surface area contributed by atoms with E-state index in [1.165, 1.54) is 32.3 Å². The third kappa shape index (κ3) is 4.66. The minimum atomic E-state index is -0.931. The number of hydrogen-bond donors (Lipinski definition) is 0. The number of hydrogen-bond acceptors (Lipinski definition) is 0. The molecule has 0 bridgehead atoms. The van der Waals surface area contributed by atoms with Crippen molar-refractivity contribution in [3.05, 3.63) is 71.8 Å². The third-order valence-corrected chi connectivity index (χ3v) is 12.4. The summed E-state index contributed by atoms with van der Waals surface area (Å²) in [6, 6.07) is 22.5. The van der Waals surface area contributed by atoms with Gasteiger partial charge in [0.2, 0.25) is 0 Å². The predicted octanol–water partition coefficient (Wildman–Crippen LogP) is 6.75. The molecule has 0 nitrogen and oxygen atoms in total. The molecule has 0 saturated carbocycles. The van der Waals surface area contributed by atoms with Gasteiger partial charge in [0, 0.05) is 0 Å². The van der Waals surface area contributed by atoms with Crippen LogP contribution in [0.4, 0.5) is 0 Å². The Kier molecular flexibility index (Phi) is 8.39. The lowest BCUT2D eigenvalue weighted by atomic mass is 10.1. The highest BCUT2D eigenvalue weighted by molar-refractivity contribution is 6.91. The normalized spacial score (nSPS) is 11.8. The Hall–Kier alpha value is -0.755. The lowest BCUT2D eigenvalue weighted by Gasteiger charge is -2.24. The lowest BCUT2D eigenvalue weighted by molar-refractivity contribution is 1.32. The summed E-state index contributed by atoms with van der Waals surface area (Å²) in [5.41, 5.74) is 2.99. The molecule has 0 N–H and O–H groups in total. The van der Waals surface area contributed by atoms with Crippen LogP contribution in [0.3, 0.4) is 0 Å². The Morgan fingerprint density at radius 2 is 0.833 bits per heavy atom. The van der Waals surface area contributed by atoms with Gasteiger partial charge in [0.25, 0.3) is 0 Å². The Labute approximate surface area is 157 Å². The molecule has 0 aromatic heterocycles. The van der Waals surface area contributed by atoms with Gasteiger partial charge in [-0.1, -0.05) is 109 Å². The van der Waals surface area contributed by atoms with Gasteiger partial charge in [-0.05, 0) is 11.1 Å². The van der Waals surface area contributed by atoms with Crippen molar-refractivity contribution in [2.24, 2.45) is 0 Å². The summed E-state index contributed by atoms with van der Waals surface area (Å²) in [5.74, 6) is 0. The average molecular weight is 348 g/mol. The predicted molar refractivity (Wildman–Crippen MR) is 113 cm³/mol. The van der Waals surface area contributed by atoms with Gasteiger partial charge in [0.15, 0.2) is 0 Å². The highest BCUT2D eigenvalue weighted by Gasteiger charge is 2.28. The summed E-state index contributed by atoms with van der Waals surface area (Å²) in [4.78, 5) is 0. The summed E-state index contributed by atoms with van der Waals surface area (Å²) < 4.78 is 3.54. The molecule has 0 amide bonds. The maximum absolute atomic E-state index is 2.40.